The number of ether oxygens (including phenoxy) is 4. The van der Waals surface area contributed by atoms with Gasteiger partial charge in [-0.05, 0) is 41.0 Å². The number of nitrogens with two attached hydrogens (primary N) is 1. The Morgan fingerprint density at radius 1 is 0.844 bits per heavy atom. The molecule has 0 unspecified atom stereocenters. The van der Waals surface area contributed by atoms with Gasteiger partial charge >= 0.3 is 0 Å². The summed E-state index contributed by atoms with van der Waals surface area (Å²) in [5.41, 5.74) is 7.98. The van der Waals surface area contributed by atoms with Crippen LogP contribution in [-0.4, -0.2) is 82.0 Å². The molecule has 2 aromatic heterocycles. The van der Waals surface area contributed by atoms with Crippen molar-refractivity contribution >= 4 is 17.0 Å². The summed E-state index contributed by atoms with van der Waals surface area (Å²) in [5, 5.41) is 25.5. The summed E-state index contributed by atoms with van der Waals surface area (Å²) in [6, 6.07) is 25.1. The lowest BCUT2D eigenvalue weighted by atomic mass is 9.80. The fraction of sp³-hybridized carbons (Fsp3) is 0.303. The molecule has 3 aromatic carbocycles. The minimum atomic E-state index is -1.28. The molecular weight excluding hydrogens is 576 g/mol. The summed E-state index contributed by atoms with van der Waals surface area (Å²) in [7, 11) is 3.24. The van der Waals surface area contributed by atoms with Gasteiger partial charge in [0.2, 0.25) is 0 Å². The molecule has 12 heteroatoms. The number of methoxy groups -OCH3 is 2. The largest absolute Gasteiger partial charge is 0.497 e. The minimum absolute atomic E-state index is 0.0629. The first-order valence-electron chi connectivity index (χ1n) is 14.6. The van der Waals surface area contributed by atoms with E-state index in [-0.39, 0.29) is 6.61 Å². The first-order valence-corrected chi connectivity index (χ1v) is 14.6. The number of hydrogen-bond donors (Lipinski definition) is 4. The number of aliphatic hydroxyl groups is 2. The highest BCUT2D eigenvalue weighted by Crippen LogP contribution is 2.43. The van der Waals surface area contributed by atoms with Crippen LogP contribution in [0.3, 0.4) is 0 Å². The number of anilines is 1. The third-order valence-electron chi connectivity index (χ3n) is 8.04. The van der Waals surface area contributed by atoms with Gasteiger partial charge in [0.15, 0.2) is 23.2 Å². The molecule has 0 spiro atoms. The lowest BCUT2D eigenvalue weighted by Gasteiger charge is -2.37. The van der Waals surface area contributed by atoms with E-state index >= 15 is 0 Å². The summed E-state index contributed by atoms with van der Waals surface area (Å²) in [5.74, 6) is 1.92. The van der Waals surface area contributed by atoms with Gasteiger partial charge in [-0.2, -0.15) is 0 Å². The molecule has 234 valence electrons. The molecule has 4 atom stereocenters. The van der Waals surface area contributed by atoms with Crippen molar-refractivity contribution in [1.82, 2.24) is 19.5 Å². The van der Waals surface area contributed by atoms with E-state index in [9.17, 15) is 10.2 Å². The van der Waals surface area contributed by atoms with Crippen LogP contribution in [0.5, 0.6) is 11.5 Å². The van der Waals surface area contributed by atoms with Gasteiger partial charge in [0.05, 0.1) is 27.2 Å². The maximum atomic E-state index is 11.2. The summed E-state index contributed by atoms with van der Waals surface area (Å²) in [6.07, 6.45) is -1.48. The number of nitrogens with zero attached hydrogens (tertiary/aromatic N) is 4. The molecular formula is C33H36N6O6. The first-order chi connectivity index (χ1) is 22.0. The average molecular weight is 613 g/mol. The second kappa shape index (κ2) is 13.2. The van der Waals surface area contributed by atoms with Crippen molar-refractivity contribution in [3.8, 4) is 11.5 Å². The van der Waals surface area contributed by atoms with Gasteiger partial charge in [0, 0.05) is 13.1 Å². The van der Waals surface area contributed by atoms with Crippen LogP contribution in [0.25, 0.3) is 11.2 Å². The second-order valence-electron chi connectivity index (χ2n) is 10.6. The Morgan fingerprint density at radius 2 is 1.47 bits per heavy atom. The highest BCUT2D eigenvalue weighted by Gasteiger charge is 2.47. The highest BCUT2D eigenvalue weighted by molar-refractivity contribution is 5.82. The Hall–Kier alpha value is -4.59. The Kier molecular flexibility index (Phi) is 8.92. The molecule has 1 aliphatic heterocycles. The van der Waals surface area contributed by atoms with E-state index < -0.39 is 30.1 Å². The van der Waals surface area contributed by atoms with Crippen molar-refractivity contribution in [2.24, 2.45) is 5.73 Å². The second-order valence-corrected chi connectivity index (χ2v) is 10.6. The summed E-state index contributed by atoms with van der Waals surface area (Å²) < 4.78 is 25.7. The fourth-order valence-corrected chi connectivity index (χ4v) is 5.74. The third kappa shape index (κ3) is 5.70. The molecule has 0 saturated carbocycles. The van der Waals surface area contributed by atoms with Crippen LogP contribution >= 0.6 is 0 Å². The number of benzene rings is 3. The normalized spacial score (nSPS) is 19.9. The standard InChI is InChI=1S/C33H36N6O6/c1-42-24-12-8-22(9-13-24)33(21-6-4-3-5-7-21,23-10-14-25(43-2)15-11-23)44-18-26-28(40)29(41)32(45-26)39-20-38-27-30(35-17-16-34)36-19-37-31(27)39/h3-15,19-20,26,28-29,32,40-41H,16-18,34H2,1-2H3,(H,35,36,37)/t26-,28-,29-,32-/m1/s1. The molecule has 0 bridgehead atoms. The van der Waals surface area contributed by atoms with Gasteiger partial charge in [-0.1, -0.05) is 54.6 Å². The number of fused-ring (bicyclic) bond motifs is 1. The van der Waals surface area contributed by atoms with Crippen LogP contribution < -0.4 is 20.5 Å². The zero-order valence-electron chi connectivity index (χ0n) is 25.0. The number of imidazole rings is 1. The van der Waals surface area contributed by atoms with E-state index in [1.54, 1.807) is 18.8 Å². The molecule has 6 rings (SSSR count). The maximum Gasteiger partial charge on any atom is 0.167 e. The molecule has 0 aliphatic carbocycles. The van der Waals surface area contributed by atoms with Crippen LogP contribution in [0.15, 0.2) is 91.5 Å². The van der Waals surface area contributed by atoms with E-state index in [2.05, 4.69) is 20.3 Å². The van der Waals surface area contributed by atoms with Crippen molar-refractivity contribution in [3.05, 3.63) is 108 Å². The molecule has 0 radical (unpaired) electrons. The molecule has 5 N–H and O–H groups in total. The van der Waals surface area contributed by atoms with Gasteiger partial charge in [0.25, 0.3) is 0 Å². The predicted octanol–water partition coefficient (Wildman–Crippen LogP) is 2.84. The Bertz CT molecular complexity index is 1650. The third-order valence-corrected chi connectivity index (χ3v) is 8.04. The van der Waals surface area contributed by atoms with Crippen molar-refractivity contribution in [2.75, 3.05) is 39.2 Å². The molecule has 1 fully saturated rings. The van der Waals surface area contributed by atoms with Gasteiger partial charge < -0.3 is 40.2 Å². The zero-order valence-corrected chi connectivity index (χ0v) is 25.0. The zero-order chi connectivity index (χ0) is 31.4. The quantitative estimate of drug-likeness (QED) is 0.154. The monoisotopic (exact) mass is 612 g/mol. The summed E-state index contributed by atoms with van der Waals surface area (Å²) in [4.78, 5) is 13.1. The number of nitrogens with one attached hydrogen (secondary N) is 1. The van der Waals surface area contributed by atoms with Gasteiger partial charge in [-0.25, -0.2) is 15.0 Å². The molecule has 0 amide bonds. The van der Waals surface area contributed by atoms with Crippen LogP contribution in [0, 0.1) is 0 Å². The number of aliphatic hydroxyl groups excluding tert-OH is 2. The predicted molar refractivity (Wildman–Crippen MR) is 167 cm³/mol. The van der Waals surface area contributed by atoms with Crippen LogP contribution in [0.4, 0.5) is 5.82 Å². The molecule has 45 heavy (non-hydrogen) atoms. The van der Waals surface area contributed by atoms with Crippen molar-refractivity contribution in [1.29, 1.82) is 0 Å². The molecule has 12 nitrogen and oxygen atoms in total. The summed E-state index contributed by atoms with van der Waals surface area (Å²) >= 11 is 0. The average Bonchev–Trinajstić information content (AvgIpc) is 3.65. The van der Waals surface area contributed by atoms with Crippen molar-refractivity contribution < 1.29 is 29.2 Å². The number of hydrogen-bond acceptors (Lipinski definition) is 11. The van der Waals surface area contributed by atoms with E-state index in [0.717, 1.165) is 16.7 Å². The lowest BCUT2D eigenvalue weighted by molar-refractivity contribution is -0.0942. The van der Waals surface area contributed by atoms with Crippen molar-refractivity contribution in [3.63, 3.8) is 0 Å². The van der Waals surface area contributed by atoms with E-state index in [1.807, 2.05) is 78.9 Å². The number of aromatic nitrogens is 4. The van der Waals surface area contributed by atoms with E-state index in [0.29, 0.717) is 41.6 Å². The van der Waals surface area contributed by atoms with Crippen molar-refractivity contribution in [2.45, 2.75) is 30.1 Å². The Balaban J connectivity index is 1.36. The van der Waals surface area contributed by atoms with Gasteiger partial charge in [-0.3, -0.25) is 4.57 Å². The minimum Gasteiger partial charge on any atom is -0.497 e. The van der Waals surface area contributed by atoms with Crippen LogP contribution in [0.2, 0.25) is 0 Å². The Morgan fingerprint density at radius 3 is 2.07 bits per heavy atom. The Labute approximate surface area is 260 Å². The van der Waals surface area contributed by atoms with E-state index in [1.165, 1.54) is 12.7 Å². The fourth-order valence-electron chi connectivity index (χ4n) is 5.74. The van der Waals surface area contributed by atoms with Gasteiger partial charge in [-0.15, -0.1) is 0 Å². The lowest BCUT2D eigenvalue weighted by Crippen LogP contribution is -2.39. The molecule has 1 saturated heterocycles. The molecule has 5 aromatic rings. The SMILES string of the molecule is COc1ccc(C(OC[C@H]2O[C@@H](n3cnc4c(NCCN)ncnc43)[C@H](O)[C@@H]2O)(c2ccccc2)c2ccc(OC)cc2)cc1. The molecule has 3 heterocycles. The van der Waals surface area contributed by atoms with Gasteiger partial charge in [0.1, 0.15) is 41.7 Å². The van der Waals surface area contributed by atoms with Crippen LogP contribution in [-0.2, 0) is 15.1 Å². The topological polar surface area (TPSA) is 159 Å². The number of rotatable bonds is 12. The van der Waals surface area contributed by atoms with Crippen LogP contribution in [0.1, 0.15) is 22.9 Å². The summed E-state index contributed by atoms with van der Waals surface area (Å²) in [6.45, 7) is 0.861. The maximum absolute atomic E-state index is 11.2. The van der Waals surface area contributed by atoms with E-state index in [4.69, 9.17) is 24.7 Å². The first kappa shape index (κ1) is 30.4. The smallest absolute Gasteiger partial charge is 0.167 e. The molecule has 1 aliphatic rings. The highest BCUT2D eigenvalue weighted by atomic mass is 16.6.